The average Bonchev–Trinajstić information content (AvgIpc) is 3.04. The molecule has 0 saturated heterocycles. The van der Waals surface area contributed by atoms with E-state index in [2.05, 4.69) is 27.8 Å². The standard InChI is InChI=1S/C12H14N4OS/c13-14-12-16-15-11(18-12)7-17-10-5-4-8-2-1-3-9(8)6-10/h4-6H,1-3,7,13H2,(H,14,16). The summed E-state index contributed by atoms with van der Waals surface area (Å²) in [4.78, 5) is 0. The van der Waals surface area contributed by atoms with E-state index in [0.717, 1.165) is 17.2 Å². The molecular formula is C12H14N4OS. The van der Waals surface area contributed by atoms with Crippen molar-refractivity contribution >= 4 is 16.5 Å². The van der Waals surface area contributed by atoms with Crippen molar-refractivity contribution in [1.82, 2.24) is 10.2 Å². The molecule has 0 unspecified atom stereocenters. The maximum absolute atomic E-state index is 5.71. The van der Waals surface area contributed by atoms with E-state index in [-0.39, 0.29) is 0 Å². The second-order valence-corrected chi connectivity index (χ2v) is 5.28. The summed E-state index contributed by atoms with van der Waals surface area (Å²) >= 11 is 1.39. The number of nitrogens with two attached hydrogens (primary N) is 1. The Labute approximate surface area is 109 Å². The van der Waals surface area contributed by atoms with E-state index in [4.69, 9.17) is 10.6 Å². The summed E-state index contributed by atoms with van der Waals surface area (Å²) in [5, 5.41) is 9.24. The number of nitrogens with zero attached hydrogens (tertiary/aromatic N) is 2. The van der Waals surface area contributed by atoms with Crippen LogP contribution in [0.5, 0.6) is 5.75 Å². The summed E-state index contributed by atoms with van der Waals surface area (Å²) in [6.07, 6.45) is 3.60. The Bertz CT molecular complexity index is 555. The van der Waals surface area contributed by atoms with E-state index in [1.54, 1.807) is 0 Å². The van der Waals surface area contributed by atoms with Crippen LogP contribution in [0.15, 0.2) is 18.2 Å². The summed E-state index contributed by atoms with van der Waals surface area (Å²) in [6.45, 7) is 0.429. The van der Waals surface area contributed by atoms with Gasteiger partial charge in [-0.3, -0.25) is 5.43 Å². The van der Waals surface area contributed by atoms with Gasteiger partial charge in [0.15, 0.2) is 5.01 Å². The molecule has 1 aliphatic carbocycles. The number of hydrogen-bond donors (Lipinski definition) is 2. The molecule has 18 heavy (non-hydrogen) atoms. The van der Waals surface area contributed by atoms with Gasteiger partial charge >= 0.3 is 0 Å². The molecule has 3 N–H and O–H groups in total. The Morgan fingerprint density at radius 2 is 2.17 bits per heavy atom. The van der Waals surface area contributed by atoms with Crippen LogP contribution in [0.25, 0.3) is 0 Å². The lowest BCUT2D eigenvalue weighted by molar-refractivity contribution is 0.304. The third-order valence-corrected chi connectivity index (χ3v) is 3.85. The fourth-order valence-corrected chi connectivity index (χ4v) is 2.72. The van der Waals surface area contributed by atoms with Crippen LogP contribution in [-0.4, -0.2) is 10.2 Å². The SMILES string of the molecule is NNc1nnc(COc2ccc3c(c2)CCC3)s1. The van der Waals surface area contributed by atoms with Gasteiger partial charge in [0.1, 0.15) is 12.4 Å². The molecule has 1 aromatic heterocycles. The molecule has 0 aliphatic heterocycles. The Kier molecular flexibility index (Phi) is 3.12. The zero-order chi connectivity index (χ0) is 12.4. The molecule has 0 fully saturated rings. The number of nitrogen functional groups attached to an aromatic ring is 1. The van der Waals surface area contributed by atoms with Crippen LogP contribution in [0.2, 0.25) is 0 Å². The van der Waals surface area contributed by atoms with Gasteiger partial charge in [0, 0.05) is 0 Å². The van der Waals surface area contributed by atoms with Gasteiger partial charge in [0.2, 0.25) is 5.13 Å². The van der Waals surface area contributed by atoms with Gasteiger partial charge in [-0.1, -0.05) is 17.4 Å². The Balaban J connectivity index is 1.66. The van der Waals surface area contributed by atoms with Crippen molar-refractivity contribution in [3.05, 3.63) is 34.3 Å². The molecule has 0 saturated carbocycles. The van der Waals surface area contributed by atoms with Crippen LogP contribution in [0, 0.1) is 0 Å². The highest BCUT2D eigenvalue weighted by Gasteiger charge is 2.11. The van der Waals surface area contributed by atoms with Crippen LogP contribution in [-0.2, 0) is 19.4 Å². The topological polar surface area (TPSA) is 73.1 Å². The molecule has 3 rings (SSSR count). The molecule has 2 aromatic rings. The van der Waals surface area contributed by atoms with Crippen LogP contribution >= 0.6 is 11.3 Å². The number of ether oxygens (including phenoxy) is 1. The van der Waals surface area contributed by atoms with Gasteiger partial charge in [-0.2, -0.15) is 0 Å². The molecule has 0 radical (unpaired) electrons. The number of fused-ring (bicyclic) bond motifs is 1. The van der Waals surface area contributed by atoms with E-state index in [9.17, 15) is 0 Å². The number of anilines is 1. The van der Waals surface area contributed by atoms with E-state index < -0.39 is 0 Å². The number of hydrazine groups is 1. The van der Waals surface area contributed by atoms with E-state index in [1.165, 1.54) is 35.3 Å². The van der Waals surface area contributed by atoms with Gasteiger partial charge in [0.05, 0.1) is 0 Å². The lowest BCUT2D eigenvalue weighted by Gasteiger charge is -2.06. The van der Waals surface area contributed by atoms with Gasteiger partial charge in [-0.15, -0.1) is 10.2 Å². The molecule has 1 aromatic carbocycles. The van der Waals surface area contributed by atoms with Crippen molar-refractivity contribution < 1.29 is 4.74 Å². The minimum absolute atomic E-state index is 0.429. The second kappa shape index (κ2) is 4.91. The molecule has 6 heteroatoms. The zero-order valence-corrected chi connectivity index (χ0v) is 10.7. The predicted octanol–water partition coefficient (Wildman–Crippen LogP) is 1.89. The first-order valence-corrected chi connectivity index (χ1v) is 6.70. The Morgan fingerprint density at radius 3 is 3.00 bits per heavy atom. The third kappa shape index (κ3) is 2.30. The molecule has 1 aliphatic rings. The predicted molar refractivity (Wildman–Crippen MR) is 70.5 cm³/mol. The van der Waals surface area contributed by atoms with Crippen LogP contribution < -0.4 is 16.0 Å². The minimum Gasteiger partial charge on any atom is -0.486 e. The highest BCUT2D eigenvalue weighted by molar-refractivity contribution is 7.15. The monoisotopic (exact) mass is 262 g/mol. The lowest BCUT2D eigenvalue weighted by Crippen LogP contribution is -2.05. The maximum atomic E-state index is 5.71. The van der Waals surface area contributed by atoms with Gasteiger partial charge in [0.25, 0.3) is 0 Å². The molecule has 5 nitrogen and oxygen atoms in total. The minimum atomic E-state index is 0.429. The normalized spacial score (nSPS) is 13.4. The number of aromatic nitrogens is 2. The molecule has 0 spiro atoms. The molecule has 1 heterocycles. The van der Waals surface area contributed by atoms with Crippen molar-refractivity contribution in [2.75, 3.05) is 5.43 Å². The summed E-state index contributed by atoms with van der Waals surface area (Å²) in [7, 11) is 0. The summed E-state index contributed by atoms with van der Waals surface area (Å²) in [6, 6.07) is 6.31. The quantitative estimate of drug-likeness (QED) is 0.650. The number of aryl methyl sites for hydroxylation is 2. The van der Waals surface area contributed by atoms with Crippen LogP contribution in [0.1, 0.15) is 22.6 Å². The van der Waals surface area contributed by atoms with E-state index >= 15 is 0 Å². The third-order valence-electron chi connectivity index (χ3n) is 3.02. The zero-order valence-electron chi connectivity index (χ0n) is 9.85. The van der Waals surface area contributed by atoms with Crippen LogP contribution in [0.4, 0.5) is 5.13 Å². The summed E-state index contributed by atoms with van der Waals surface area (Å²) in [5.74, 6) is 6.15. The number of rotatable bonds is 4. The Morgan fingerprint density at radius 1 is 1.28 bits per heavy atom. The van der Waals surface area contributed by atoms with Crippen molar-refractivity contribution in [2.45, 2.75) is 25.9 Å². The summed E-state index contributed by atoms with van der Waals surface area (Å²) in [5.41, 5.74) is 5.33. The first kappa shape index (κ1) is 11.4. The molecular weight excluding hydrogens is 248 g/mol. The van der Waals surface area contributed by atoms with Crippen LogP contribution in [0.3, 0.4) is 0 Å². The first-order chi connectivity index (χ1) is 8.85. The molecule has 0 atom stereocenters. The van der Waals surface area contributed by atoms with Crippen molar-refractivity contribution in [3.63, 3.8) is 0 Å². The molecule has 0 amide bonds. The largest absolute Gasteiger partial charge is 0.486 e. The summed E-state index contributed by atoms with van der Waals surface area (Å²) < 4.78 is 5.71. The van der Waals surface area contributed by atoms with Crippen molar-refractivity contribution in [1.29, 1.82) is 0 Å². The van der Waals surface area contributed by atoms with E-state index in [0.29, 0.717) is 11.7 Å². The van der Waals surface area contributed by atoms with Crippen molar-refractivity contribution in [3.8, 4) is 5.75 Å². The van der Waals surface area contributed by atoms with Crippen molar-refractivity contribution in [2.24, 2.45) is 5.84 Å². The van der Waals surface area contributed by atoms with Gasteiger partial charge < -0.3 is 4.74 Å². The van der Waals surface area contributed by atoms with Gasteiger partial charge in [-0.05, 0) is 42.5 Å². The fourth-order valence-electron chi connectivity index (χ4n) is 2.15. The maximum Gasteiger partial charge on any atom is 0.219 e. The number of benzene rings is 1. The second-order valence-electron chi connectivity index (χ2n) is 4.22. The number of hydrogen-bond acceptors (Lipinski definition) is 6. The first-order valence-electron chi connectivity index (χ1n) is 5.89. The highest BCUT2D eigenvalue weighted by atomic mass is 32.1. The number of nitrogens with one attached hydrogen (secondary N) is 1. The smallest absolute Gasteiger partial charge is 0.219 e. The van der Waals surface area contributed by atoms with E-state index in [1.807, 2.05) is 6.07 Å². The average molecular weight is 262 g/mol. The fraction of sp³-hybridized carbons (Fsp3) is 0.333. The Hall–Kier alpha value is -1.66. The molecule has 94 valence electrons. The molecule has 0 bridgehead atoms. The highest BCUT2D eigenvalue weighted by Crippen LogP contribution is 2.26. The van der Waals surface area contributed by atoms with Gasteiger partial charge in [-0.25, -0.2) is 5.84 Å². The lowest BCUT2D eigenvalue weighted by atomic mass is 10.1.